The first-order chi connectivity index (χ1) is 13.5. The predicted molar refractivity (Wildman–Crippen MR) is 115 cm³/mol. The zero-order chi connectivity index (χ0) is 20.3. The van der Waals surface area contributed by atoms with Gasteiger partial charge in [0.25, 0.3) is 5.91 Å². The molecule has 9 heteroatoms. The van der Waals surface area contributed by atoms with Crippen molar-refractivity contribution in [3.05, 3.63) is 44.7 Å². The van der Waals surface area contributed by atoms with Crippen LogP contribution in [0.4, 0.5) is 0 Å². The molecule has 0 saturated carbocycles. The first-order valence-electron chi connectivity index (χ1n) is 8.27. The number of rotatable bonds is 7. The summed E-state index contributed by atoms with van der Waals surface area (Å²) in [5, 5.41) is 7.54. The Kier molecular flexibility index (Phi) is 6.58. The summed E-state index contributed by atoms with van der Waals surface area (Å²) in [5.41, 5.74) is 1.23. The fraction of sp³-hybridized carbons (Fsp3) is 0.263. The minimum atomic E-state index is -0.276. The first-order valence-corrected chi connectivity index (χ1v) is 10.8. The molecule has 6 nitrogen and oxygen atoms in total. The second kappa shape index (κ2) is 8.93. The molecule has 0 spiro atoms. The van der Waals surface area contributed by atoms with E-state index in [0.29, 0.717) is 22.9 Å². The smallest absolute Gasteiger partial charge is 0.271 e. The van der Waals surface area contributed by atoms with E-state index in [-0.39, 0.29) is 11.9 Å². The third kappa shape index (κ3) is 4.31. The Morgan fingerprint density at radius 2 is 1.75 bits per heavy atom. The molecular weight excluding hydrogens is 464 g/mol. The van der Waals surface area contributed by atoms with Crippen molar-refractivity contribution in [1.29, 1.82) is 0 Å². The summed E-state index contributed by atoms with van der Waals surface area (Å²) >= 11 is 6.46. The molecule has 3 aromatic rings. The van der Waals surface area contributed by atoms with E-state index in [0.717, 1.165) is 19.9 Å². The lowest BCUT2D eigenvalue weighted by Crippen LogP contribution is -2.27. The Morgan fingerprint density at radius 3 is 2.29 bits per heavy atom. The molecule has 0 fully saturated rings. The Labute approximate surface area is 179 Å². The van der Waals surface area contributed by atoms with Crippen LogP contribution < -0.4 is 19.5 Å². The van der Waals surface area contributed by atoms with Gasteiger partial charge in [0.1, 0.15) is 10.7 Å². The van der Waals surface area contributed by atoms with Gasteiger partial charge in [-0.05, 0) is 46.6 Å². The lowest BCUT2D eigenvalue weighted by molar-refractivity contribution is 0.0935. The number of nitrogens with one attached hydrogen (secondary N) is 1. The van der Waals surface area contributed by atoms with Crippen LogP contribution in [0.3, 0.4) is 0 Å². The molecule has 2 heterocycles. The van der Waals surface area contributed by atoms with Crippen molar-refractivity contribution in [2.24, 2.45) is 0 Å². The van der Waals surface area contributed by atoms with E-state index in [9.17, 15) is 4.79 Å². The fourth-order valence-corrected chi connectivity index (χ4v) is 4.93. The van der Waals surface area contributed by atoms with Gasteiger partial charge in [-0.3, -0.25) is 4.79 Å². The molecular formula is C19H19BrN2O4S2. The molecule has 2 aromatic heterocycles. The van der Waals surface area contributed by atoms with E-state index < -0.39 is 0 Å². The van der Waals surface area contributed by atoms with Crippen molar-refractivity contribution in [2.45, 2.75) is 13.0 Å². The van der Waals surface area contributed by atoms with Crippen LogP contribution >= 0.6 is 38.6 Å². The molecule has 0 aliphatic heterocycles. The molecule has 0 radical (unpaired) electrons. The Hall–Kier alpha value is -2.10. The van der Waals surface area contributed by atoms with Crippen LogP contribution in [0.5, 0.6) is 17.2 Å². The number of benzene rings is 1. The molecule has 1 aromatic carbocycles. The van der Waals surface area contributed by atoms with Crippen LogP contribution in [0.25, 0.3) is 9.88 Å². The van der Waals surface area contributed by atoms with Gasteiger partial charge in [0.15, 0.2) is 11.5 Å². The number of hydrogen-bond donors (Lipinski definition) is 1. The summed E-state index contributed by atoms with van der Waals surface area (Å²) in [4.78, 5) is 18.1. The summed E-state index contributed by atoms with van der Waals surface area (Å²) in [6, 6.07) is 5.36. The van der Waals surface area contributed by atoms with Crippen molar-refractivity contribution in [3.8, 4) is 27.1 Å². The lowest BCUT2D eigenvalue weighted by atomic mass is 10.1. The zero-order valence-corrected chi connectivity index (χ0v) is 19.0. The van der Waals surface area contributed by atoms with E-state index in [2.05, 4.69) is 26.2 Å². The Bertz CT molecular complexity index is 961. The number of ether oxygens (including phenoxy) is 3. The molecule has 28 heavy (non-hydrogen) atoms. The zero-order valence-electron chi connectivity index (χ0n) is 15.7. The molecule has 148 valence electrons. The molecule has 1 N–H and O–H groups in total. The minimum absolute atomic E-state index is 0.237. The average molecular weight is 483 g/mol. The molecule has 0 aliphatic rings. The molecule has 1 atom stereocenters. The van der Waals surface area contributed by atoms with Crippen LogP contribution in [0, 0.1) is 0 Å². The molecule has 0 aliphatic carbocycles. The summed E-state index contributed by atoms with van der Waals surface area (Å²) < 4.78 is 17.1. The van der Waals surface area contributed by atoms with Crippen LogP contribution in [-0.4, -0.2) is 32.2 Å². The van der Waals surface area contributed by atoms with Crippen LogP contribution in [0.15, 0.2) is 33.4 Å². The number of halogens is 1. The maximum absolute atomic E-state index is 12.7. The van der Waals surface area contributed by atoms with E-state index in [1.165, 1.54) is 11.3 Å². The van der Waals surface area contributed by atoms with Gasteiger partial charge >= 0.3 is 0 Å². The molecule has 1 amide bonds. The van der Waals surface area contributed by atoms with Crippen LogP contribution in [-0.2, 0) is 0 Å². The van der Waals surface area contributed by atoms with Crippen molar-refractivity contribution in [3.63, 3.8) is 0 Å². The van der Waals surface area contributed by atoms with Gasteiger partial charge in [-0.2, -0.15) is 0 Å². The van der Waals surface area contributed by atoms with Crippen LogP contribution in [0.1, 0.15) is 29.0 Å². The summed E-state index contributed by atoms with van der Waals surface area (Å²) in [7, 11) is 4.67. The van der Waals surface area contributed by atoms with Crippen molar-refractivity contribution >= 4 is 44.5 Å². The third-order valence-corrected chi connectivity index (χ3v) is 6.75. The highest BCUT2D eigenvalue weighted by molar-refractivity contribution is 9.10. The SMILES string of the molecule is COc1cc(C(C)NC(=O)c2csc(-c3cc(Br)cs3)n2)cc(OC)c1OC. The Balaban J connectivity index is 1.78. The van der Waals surface area contributed by atoms with E-state index in [1.807, 2.05) is 30.5 Å². The molecule has 3 rings (SSSR count). The maximum atomic E-state index is 12.7. The standard InChI is InChI=1S/C19H19BrN2O4S2/c1-10(11-5-14(24-2)17(26-4)15(6-11)25-3)21-18(23)13-9-28-19(22-13)16-7-12(20)8-27-16/h5-10H,1-4H3,(H,21,23). The van der Waals surface area contributed by atoms with Gasteiger partial charge in [0.2, 0.25) is 5.75 Å². The van der Waals surface area contributed by atoms with Gasteiger partial charge in [0, 0.05) is 15.2 Å². The van der Waals surface area contributed by atoms with E-state index in [4.69, 9.17) is 14.2 Å². The van der Waals surface area contributed by atoms with Crippen molar-refractivity contribution < 1.29 is 19.0 Å². The average Bonchev–Trinajstić information content (AvgIpc) is 3.35. The largest absolute Gasteiger partial charge is 0.493 e. The number of thiophene rings is 1. The highest BCUT2D eigenvalue weighted by atomic mass is 79.9. The van der Waals surface area contributed by atoms with Crippen LogP contribution in [0.2, 0.25) is 0 Å². The monoisotopic (exact) mass is 482 g/mol. The lowest BCUT2D eigenvalue weighted by Gasteiger charge is -2.18. The first kappa shape index (κ1) is 20.6. The maximum Gasteiger partial charge on any atom is 0.271 e. The van der Waals surface area contributed by atoms with Gasteiger partial charge in [0.05, 0.1) is 32.2 Å². The quantitative estimate of drug-likeness (QED) is 0.504. The number of nitrogens with zero attached hydrogens (tertiary/aromatic N) is 1. The number of hydrogen-bond acceptors (Lipinski definition) is 7. The second-order valence-corrected chi connectivity index (χ2v) is 8.51. The summed E-state index contributed by atoms with van der Waals surface area (Å²) in [6.07, 6.45) is 0. The number of aromatic nitrogens is 1. The van der Waals surface area contributed by atoms with Gasteiger partial charge < -0.3 is 19.5 Å². The van der Waals surface area contributed by atoms with E-state index >= 15 is 0 Å². The summed E-state index contributed by atoms with van der Waals surface area (Å²) in [6.45, 7) is 1.89. The topological polar surface area (TPSA) is 69.7 Å². The number of amides is 1. The Morgan fingerprint density at radius 1 is 1.07 bits per heavy atom. The van der Waals surface area contributed by atoms with E-state index in [1.54, 1.807) is 38.0 Å². The second-order valence-electron chi connectivity index (χ2n) is 5.82. The normalized spacial score (nSPS) is 11.8. The fourth-order valence-electron chi connectivity index (χ4n) is 2.62. The highest BCUT2D eigenvalue weighted by Gasteiger charge is 2.19. The highest BCUT2D eigenvalue weighted by Crippen LogP contribution is 2.39. The number of carbonyl (C=O) groups excluding carboxylic acids is 1. The number of thiazole rings is 1. The summed E-state index contributed by atoms with van der Waals surface area (Å²) in [5.74, 6) is 1.35. The van der Waals surface area contributed by atoms with Crippen molar-refractivity contribution in [2.75, 3.05) is 21.3 Å². The molecule has 0 bridgehead atoms. The van der Waals surface area contributed by atoms with Gasteiger partial charge in [-0.15, -0.1) is 22.7 Å². The molecule has 0 saturated heterocycles. The van der Waals surface area contributed by atoms with Crippen molar-refractivity contribution in [1.82, 2.24) is 10.3 Å². The third-order valence-electron chi connectivity index (χ3n) is 4.05. The predicted octanol–water partition coefficient (Wildman–Crippen LogP) is 5.15. The minimum Gasteiger partial charge on any atom is -0.493 e. The van der Waals surface area contributed by atoms with Gasteiger partial charge in [-0.1, -0.05) is 0 Å². The van der Waals surface area contributed by atoms with Gasteiger partial charge in [-0.25, -0.2) is 4.98 Å². The molecule has 1 unspecified atom stereocenters. The number of carbonyl (C=O) groups is 1. The number of methoxy groups -OCH3 is 3.